The molecule has 48 heavy (non-hydrogen) atoms. The molecule has 5 aromatic carbocycles. The van der Waals surface area contributed by atoms with Crippen molar-refractivity contribution in [2.24, 2.45) is 0 Å². The number of fused-ring (bicyclic) bond motifs is 6. The third kappa shape index (κ3) is 4.35. The molecule has 4 nitrogen and oxygen atoms in total. The molecule has 0 unspecified atom stereocenters. The predicted molar refractivity (Wildman–Crippen MR) is 195 cm³/mol. The van der Waals surface area contributed by atoms with Crippen molar-refractivity contribution in [3.63, 3.8) is 0 Å². The van der Waals surface area contributed by atoms with Crippen molar-refractivity contribution in [1.82, 2.24) is 9.13 Å². The number of rotatable bonds is 4. The van der Waals surface area contributed by atoms with E-state index >= 15 is 0 Å². The number of benzene rings is 5. The van der Waals surface area contributed by atoms with Gasteiger partial charge in [0.05, 0.1) is 40.1 Å². The SMILES string of the molecule is N#CC1=Cc2c(c3ccccc3n2-c2ccc(C#N)cc2-c2cccc(-c3ccc(-n4c5c(c6ccccc64)C=CCC5)cc3)c2)CC1. The van der Waals surface area contributed by atoms with Crippen LogP contribution in [0.3, 0.4) is 0 Å². The summed E-state index contributed by atoms with van der Waals surface area (Å²) in [6, 6.07) is 45.3. The number of hydrogen-bond acceptors (Lipinski definition) is 2. The quantitative estimate of drug-likeness (QED) is 0.198. The molecule has 0 amide bonds. The van der Waals surface area contributed by atoms with E-state index in [-0.39, 0.29) is 0 Å². The lowest BCUT2D eigenvalue weighted by molar-refractivity contribution is 0.888. The highest BCUT2D eigenvalue weighted by Gasteiger charge is 2.23. The molecule has 0 atom stereocenters. The number of nitriles is 2. The highest BCUT2D eigenvalue weighted by atomic mass is 15.0. The van der Waals surface area contributed by atoms with Gasteiger partial charge in [0.1, 0.15) is 0 Å². The maximum absolute atomic E-state index is 9.93. The Morgan fingerprint density at radius 1 is 0.604 bits per heavy atom. The Bertz CT molecular complexity index is 2570. The Hall–Kier alpha value is -6.36. The molecule has 2 heterocycles. The molecule has 0 radical (unpaired) electrons. The second kappa shape index (κ2) is 11.2. The summed E-state index contributed by atoms with van der Waals surface area (Å²) >= 11 is 0. The maximum atomic E-state index is 9.93. The molecule has 4 heteroatoms. The molecule has 0 saturated heterocycles. The summed E-state index contributed by atoms with van der Waals surface area (Å²) in [5.41, 5.74) is 15.2. The summed E-state index contributed by atoms with van der Waals surface area (Å²) in [5, 5.41) is 22.2. The first-order valence-corrected chi connectivity index (χ1v) is 16.5. The van der Waals surface area contributed by atoms with Crippen LogP contribution in [0.2, 0.25) is 0 Å². The van der Waals surface area contributed by atoms with Crippen molar-refractivity contribution in [2.75, 3.05) is 0 Å². The van der Waals surface area contributed by atoms with Gasteiger partial charge in [0.15, 0.2) is 0 Å². The molecular weight excluding hydrogens is 585 g/mol. The molecule has 0 saturated carbocycles. The minimum Gasteiger partial charge on any atom is -0.313 e. The van der Waals surface area contributed by atoms with Gasteiger partial charge in [-0.15, -0.1) is 0 Å². The lowest BCUT2D eigenvalue weighted by atomic mass is 9.95. The number of nitrogens with zero attached hydrogens (tertiary/aromatic N) is 4. The van der Waals surface area contributed by atoms with Gasteiger partial charge in [-0.3, -0.25) is 0 Å². The van der Waals surface area contributed by atoms with Gasteiger partial charge in [0.2, 0.25) is 0 Å². The van der Waals surface area contributed by atoms with E-state index in [2.05, 4.69) is 130 Å². The lowest BCUT2D eigenvalue weighted by Gasteiger charge is -2.18. The topological polar surface area (TPSA) is 57.4 Å². The van der Waals surface area contributed by atoms with Gasteiger partial charge in [0.25, 0.3) is 0 Å². The molecule has 0 aliphatic heterocycles. The Labute approximate surface area is 279 Å². The van der Waals surface area contributed by atoms with E-state index in [0.717, 1.165) is 70.4 Å². The Balaban J connectivity index is 1.16. The molecule has 0 spiro atoms. The first-order valence-electron chi connectivity index (χ1n) is 16.5. The average Bonchev–Trinajstić information content (AvgIpc) is 3.67. The molecule has 0 fully saturated rings. The van der Waals surface area contributed by atoms with Gasteiger partial charge >= 0.3 is 0 Å². The van der Waals surface area contributed by atoms with Crippen LogP contribution >= 0.6 is 0 Å². The van der Waals surface area contributed by atoms with Crippen molar-refractivity contribution in [1.29, 1.82) is 10.5 Å². The zero-order valence-corrected chi connectivity index (χ0v) is 26.3. The van der Waals surface area contributed by atoms with E-state index < -0.39 is 0 Å². The Morgan fingerprint density at radius 2 is 1.38 bits per heavy atom. The van der Waals surface area contributed by atoms with Crippen LogP contribution < -0.4 is 0 Å². The van der Waals surface area contributed by atoms with Crippen LogP contribution in [0, 0.1) is 22.7 Å². The summed E-state index contributed by atoms with van der Waals surface area (Å²) < 4.78 is 4.69. The largest absolute Gasteiger partial charge is 0.313 e. The van der Waals surface area contributed by atoms with E-state index in [1.165, 1.54) is 38.8 Å². The van der Waals surface area contributed by atoms with E-state index in [1.54, 1.807) is 0 Å². The monoisotopic (exact) mass is 614 g/mol. The van der Waals surface area contributed by atoms with E-state index in [9.17, 15) is 10.5 Å². The summed E-state index contributed by atoms with van der Waals surface area (Å²) in [6.07, 6.45) is 10.3. The zero-order chi connectivity index (χ0) is 32.2. The first-order chi connectivity index (χ1) is 23.7. The Morgan fingerprint density at radius 3 is 2.19 bits per heavy atom. The van der Waals surface area contributed by atoms with Crippen LogP contribution in [0.15, 0.2) is 127 Å². The van der Waals surface area contributed by atoms with Crippen LogP contribution in [0.1, 0.15) is 40.9 Å². The molecule has 7 aromatic rings. The van der Waals surface area contributed by atoms with Crippen LogP contribution in [-0.2, 0) is 12.8 Å². The van der Waals surface area contributed by atoms with E-state index in [0.29, 0.717) is 5.56 Å². The molecule has 226 valence electrons. The fraction of sp³-hybridized carbons (Fsp3) is 0.0909. The summed E-state index contributed by atoms with van der Waals surface area (Å²) in [5.74, 6) is 0. The highest BCUT2D eigenvalue weighted by Crippen LogP contribution is 2.40. The zero-order valence-electron chi connectivity index (χ0n) is 26.3. The molecule has 9 rings (SSSR count). The van der Waals surface area contributed by atoms with Gasteiger partial charge in [-0.25, -0.2) is 0 Å². The minimum absolute atomic E-state index is 0.610. The molecule has 2 aromatic heterocycles. The van der Waals surface area contributed by atoms with Gasteiger partial charge in [-0.2, -0.15) is 10.5 Å². The average molecular weight is 615 g/mol. The molecule has 2 aliphatic carbocycles. The van der Waals surface area contributed by atoms with E-state index in [4.69, 9.17) is 0 Å². The van der Waals surface area contributed by atoms with Crippen molar-refractivity contribution >= 4 is 34.0 Å². The fourth-order valence-corrected chi connectivity index (χ4v) is 7.75. The van der Waals surface area contributed by atoms with Crippen molar-refractivity contribution < 1.29 is 0 Å². The minimum atomic E-state index is 0.610. The number of hydrogen-bond donors (Lipinski definition) is 0. The van der Waals surface area contributed by atoms with Crippen molar-refractivity contribution in [3.8, 4) is 45.8 Å². The number of allylic oxidation sites excluding steroid dienone is 2. The van der Waals surface area contributed by atoms with Crippen molar-refractivity contribution in [3.05, 3.63) is 155 Å². The van der Waals surface area contributed by atoms with Crippen LogP contribution in [0.5, 0.6) is 0 Å². The van der Waals surface area contributed by atoms with Gasteiger partial charge in [0, 0.05) is 38.9 Å². The van der Waals surface area contributed by atoms with Gasteiger partial charge in [-0.1, -0.05) is 78.9 Å². The van der Waals surface area contributed by atoms with Crippen molar-refractivity contribution in [2.45, 2.75) is 25.7 Å². The fourth-order valence-electron chi connectivity index (χ4n) is 7.75. The second-order valence-corrected chi connectivity index (χ2v) is 12.6. The summed E-state index contributed by atoms with van der Waals surface area (Å²) in [6.45, 7) is 0. The Kier molecular flexibility index (Phi) is 6.49. The van der Waals surface area contributed by atoms with Crippen LogP contribution in [-0.4, -0.2) is 9.13 Å². The summed E-state index contributed by atoms with van der Waals surface area (Å²) in [7, 11) is 0. The second-order valence-electron chi connectivity index (χ2n) is 12.6. The number of aryl methyl sites for hydroxylation is 1. The van der Waals surface area contributed by atoms with Crippen LogP contribution in [0.25, 0.3) is 67.6 Å². The van der Waals surface area contributed by atoms with Gasteiger partial charge < -0.3 is 9.13 Å². The smallest absolute Gasteiger partial charge is 0.0991 e. The molecule has 0 N–H and O–H groups in total. The van der Waals surface area contributed by atoms with E-state index in [1.807, 2.05) is 24.3 Å². The number of para-hydroxylation sites is 2. The van der Waals surface area contributed by atoms with Crippen LogP contribution in [0.4, 0.5) is 0 Å². The highest BCUT2D eigenvalue weighted by molar-refractivity contribution is 5.94. The third-order valence-corrected chi connectivity index (χ3v) is 9.97. The maximum Gasteiger partial charge on any atom is 0.0991 e. The first kappa shape index (κ1) is 27.9. The van der Waals surface area contributed by atoms with Gasteiger partial charge in [-0.05, 0) is 103 Å². The third-order valence-electron chi connectivity index (χ3n) is 9.97. The molecular formula is C44H30N4. The normalized spacial score (nSPS) is 13.5. The summed E-state index contributed by atoms with van der Waals surface area (Å²) in [4.78, 5) is 0. The predicted octanol–water partition coefficient (Wildman–Crippen LogP) is 10.6. The number of aromatic nitrogens is 2. The molecule has 2 aliphatic rings. The lowest BCUT2D eigenvalue weighted by Crippen LogP contribution is -2.04. The standard InChI is InChI=1S/C44H30N4/c45-27-29-17-23-43(48-42-15-6-3-12-37(42)38-22-16-30(28-46)25-44(38)48)39(24-29)33-9-7-8-32(26-33)31-18-20-34(21-19-31)47-40-13-4-1-10-35(40)36-11-2-5-14-41(36)47/h1-4,6-13,15,17-21,23-26H,5,14,16,22H2. The molecule has 0 bridgehead atoms.